The van der Waals surface area contributed by atoms with E-state index in [9.17, 15) is 9.59 Å². The SMILES string of the molecule is O=C(O)C1CN(C(=O)c2ccc(Br)nc2)C1. The molecule has 0 aromatic carbocycles. The van der Waals surface area contributed by atoms with Crippen LogP contribution in [-0.4, -0.2) is 40.0 Å². The second-order valence-corrected chi connectivity index (χ2v) is 4.43. The number of carbonyl (C=O) groups is 2. The first-order valence-corrected chi connectivity index (χ1v) is 5.51. The van der Waals surface area contributed by atoms with Crippen LogP contribution in [0, 0.1) is 5.92 Å². The maximum atomic E-state index is 11.8. The fourth-order valence-electron chi connectivity index (χ4n) is 1.49. The first-order chi connectivity index (χ1) is 7.58. The lowest BCUT2D eigenvalue weighted by Gasteiger charge is -2.36. The summed E-state index contributed by atoms with van der Waals surface area (Å²) in [4.78, 5) is 27.8. The quantitative estimate of drug-likeness (QED) is 0.823. The average molecular weight is 285 g/mol. The van der Waals surface area contributed by atoms with Gasteiger partial charge in [0, 0.05) is 19.3 Å². The zero-order valence-corrected chi connectivity index (χ0v) is 9.85. The number of aliphatic carboxylic acids is 1. The third-order valence-electron chi connectivity index (χ3n) is 2.49. The van der Waals surface area contributed by atoms with Gasteiger partial charge in [-0.05, 0) is 28.1 Å². The average Bonchev–Trinajstić information content (AvgIpc) is 2.15. The minimum atomic E-state index is -0.849. The molecule has 1 aromatic rings. The first kappa shape index (κ1) is 11.1. The molecule has 1 fully saturated rings. The predicted molar refractivity (Wildman–Crippen MR) is 59.0 cm³/mol. The van der Waals surface area contributed by atoms with Gasteiger partial charge in [0.1, 0.15) is 4.60 Å². The molecule has 6 heteroatoms. The van der Waals surface area contributed by atoms with Gasteiger partial charge in [0.05, 0.1) is 11.5 Å². The number of aromatic nitrogens is 1. The standard InChI is InChI=1S/C10H9BrN2O3/c11-8-2-1-6(3-12-8)9(14)13-4-7(5-13)10(15)16/h1-3,7H,4-5H2,(H,15,16). The van der Waals surface area contributed by atoms with E-state index in [0.29, 0.717) is 10.2 Å². The zero-order valence-electron chi connectivity index (χ0n) is 8.26. The van der Waals surface area contributed by atoms with E-state index in [1.165, 1.54) is 11.1 Å². The van der Waals surface area contributed by atoms with E-state index in [4.69, 9.17) is 5.11 Å². The van der Waals surface area contributed by atoms with E-state index in [2.05, 4.69) is 20.9 Å². The van der Waals surface area contributed by atoms with Gasteiger partial charge in [0.15, 0.2) is 0 Å². The highest BCUT2D eigenvalue weighted by Crippen LogP contribution is 2.19. The summed E-state index contributed by atoms with van der Waals surface area (Å²) in [5, 5.41) is 8.68. The molecule has 1 aromatic heterocycles. The molecule has 0 aliphatic carbocycles. The smallest absolute Gasteiger partial charge is 0.310 e. The van der Waals surface area contributed by atoms with Gasteiger partial charge >= 0.3 is 5.97 Å². The van der Waals surface area contributed by atoms with Crippen LogP contribution in [0.2, 0.25) is 0 Å². The lowest BCUT2D eigenvalue weighted by Crippen LogP contribution is -2.53. The molecule has 0 saturated carbocycles. The summed E-state index contributed by atoms with van der Waals surface area (Å²) in [7, 11) is 0. The number of carbonyl (C=O) groups excluding carboxylic acids is 1. The maximum absolute atomic E-state index is 11.8. The van der Waals surface area contributed by atoms with E-state index in [-0.39, 0.29) is 19.0 Å². The van der Waals surface area contributed by atoms with Crippen molar-refractivity contribution in [3.05, 3.63) is 28.5 Å². The van der Waals surface area contributed by atoms with Gasteiger partial charge in [-0.15, -0.1) is 0 Å². The van der Waals surface area contributed by atoms with Gasteiger partial charge in [0.2, 0.25) is 0 Å². The molecule has 2 heterocycles. The number of hydrogen-bond donors (Lipinski definition) is 1. The Hall–Kier alpha value is -1.43. The van der Waals surface area contributed by atoms with Gasteiger partial charge in [-0.1, -0.05) is 0 Å². The Bertz CT molecular complexity index is 426. The van der Waals surface area contributed by atoms with Crippen molar-refractivity contribution in [2.24, 2.45) is 5.92 Å². The minimum Gasteiger partial charge on any atom is -0.481 e. The Labute approximate surface area is 100 Å². The van der Waals surface area contributed by atoms with Crippen LogP contribution in [0.15, 0.2) is 22.9 Å². The van der Waals surface area contributed by atoms with Crippen molar-refractivity contribution in [2.75, 3.05) is 13.1 Å². The molecule has 84 valence electrons. The van der Waals surface area contributed by atoms with Gasteiger partial charge in [-0.2, -0.15) is 0 Å². The number of hydrogen-bond acceptors (Lipinski definition) is 3. The van der Waals surface area contributed by atoms with Crippen molar-refractivity contribution < 1.29 is 14.7 Å². The first-order valence-electron chi connectivity index (χ1n) is 4.71. The Morgan fingerprint density at radius 3 is 2.62 bits per heavy atom. The van der Waals surface area contributed by atoms with Crippen molar-refractivity contribution in [3.8, 4) is 0 Å². The molecule has 1 N–H and O–H groups in total. The van der Waals surface area contributed by atoms with Crippen molar-refractivity contribution in [2.45, 2.75) is 0 Å². The summed E-state index contributed by atoms with van der Waals surface area (Å²) in [6, 6.07) is 3.34. The number of carboxylic acids is 1. The monoisotopic (exact) mass is 284 g/mol. The molecule has 1 amide bonds. The van der Waals surface area contributed by atoms with Crippen molar-refractivity contribution in [1.29, 1.82) is 0 Å². The third kappa shape index (κ3) is 2.06. The second-order valence-electron chi connectivity index (χ2n) is 3.61. The normalized spacial score (nSPS) is 15.7. The van der Waals surface area contributed by atoms with Crippen LogP contribution >= 0.6 is 15.9 Å². The fourth-order valence-corrected chi connectivity index (χ4v) is 1.72. The van der Waals surface area contributed by atoms with E-state index < -0.39 is 11.9 Å². The van der Waals surface area contributed by atoms with E-state index >= 15 is 0 Å². The maximum Gasteiger partial charge on any atom is 0.310 e. The minimum absolute atomic E-state index is 0.169. The van der Waals surface area contributed by atoms with Crippen LogP contribution in [0.25, 0.3) is 0 Å². The largest absolute Gasteiger partial charge is 0.481 e. The number of likely N-dealkylation sites (tertiary alicyclic amines) is 1. The van der Waals surface area contributed by atoms with Crippen LogP contribution in [0.4, 0.5) is 0 Å². The van der Waals surface area contributed by atoms with E-state index in [1.807, 2.05) is 0 Å². The van der Waals surface area contributed by atoms with Gasteiger partial charge in [0.25, 0.3) is 5.91 Å². The molecule has 0 radical (unpaired) electrons. The Kier molecular flexibility index (Phi) is 2.91. The van der Waals surface area contributed by atoms with Crippen molar-refractivity contribution in [3.63, 3.8) is 0 Å². The molecule has 0 bridgehead atoms. The van der Waals surface area contributed by atoms with Crippen LogP contribution in [0.3, 0.4) is 0 Å². The van der Waals surface area contributed by atoms with E-state index in [1.54, 1.807) is 12.1 Å². The third-order valence-corrected chi connectivity index (χ3v) is 2.96. The number of rotatable bonds is 2. The molecule has 1 aliphatic rings. The van der Waals surface area contributed by atoms with Crippen molar-refractivity contribution >= 4 is 27.8 Å². The van der Waals surface area contributed by atoms with Crippen LogP contribution < -0.4 is 0 Å². The summed E-state index contributed by atoms with van der Waals surface area (Å²) in [5.41, 5.74) is 0.479. The van der Waals surface area contributed by atoms with Crippen LogP contribution in [-0.2, 0) is 4.79 Å². The molecule has 5 nitrogen and oxygen atoms in total. The summed E-state index contributed by atoms with van der Waals surface area (Å²) < 4.78 is 0.663. The number of carboxylic acid groups (broad SMARTS) is 1. The predicted octanol–water partition coefficient (Wildman–Crippen LogP) is 1.00. The lowest BCUT2D eigenvalue weighted by molar-refractivity contribution is -0.146. The Morgan fingerprint density at radius 1 is 1.44 bits per heavy atom. The van der Waals surface area contributed by atoms with Gasteiger partial charge in [-0.25, -0.2) is 4.98 Å². The zero-order chi connectivity index (χ0) is 11.7. The molecule has 0 atom stereocenters. The summed E-state index contributed by atoms with van der Waals surface area (Å²) in [6.45, 7) is 0.564. The summed E-state index contributed by atoms with van der Waals surface area (Å²) in [5.74, 6) is -1.44. The molecule has 0 unspecified atom stereocenters. The highest BCUT2D eigenvalue weighted by molar-refractivity contribution is 9.10. The molecular weight excluding hydrogens is 276 g/mol. The molecular formula is C10H9BrN2O3. The second kappa shape index (κ2) is 4.21. The number of amides is 1. The number of nitrogens with zero attached hydrogens (tertiary/aromatic N) is 2. The molecule has 1 saturated heterocycles. The van der Waals surface area contributed by atoms with Gasteiger partial charge in [-0.3, -0.25) is 9.59 Å². The lowest BCUT2D eigenvalue weighted by atomic mass is 9.99. The molecule has 1 aliphatic heterocycles. The number of pyridine rings is 1. The van der Waals surface area contributed by atoms with Crippen LogP contribution in [0.5, 0.6) is 0 Å². The van der Waals surface area contributed by atoms with Crippen LogP contribution in [0.1, 0.15) is 10.4 Å². The summed E-state index contributed by atoms with van der Waals surface area (Å²) >= 11 is 3.18. The topological polar surface area (TPSA) is 70.5 Å². The molecule has 0 spiro atoms. The molecule has 2 rings (SSSR count). The Balaban J connectivity index is 2.00. The highest BCUT2D eigenvalue weighted by Gasteiger charge is 2.35. The number of halogens is 1. The van der Waals surface area contributed by atoms with E-state index in [0.717, 1.165) is 0 Å². The van der Waals surface area contributed by atoms with Gasteiger partial charge < -0.3 is 10.0 Å². The fraction of sp³-hybridized carbons (Fsp3) is 0.300. The molecule has 16 heavy (non-hydrogen) atoms. The van der Waals surface area contributed by atoms with Crippen molar-refractivity contribution in [1.82, 2.24) is 9.88 Å². The summed E-state index contributed by atoms with van der Waals surface area (Å²) in [6.07, 6.45) is 1.47. The Morgan fingerprint density at radius 2 is 2.12 bits per heavy atom. The highest BCUT2D eigenvalue weighted by atomic mass is 79.9.